The van der Waals surface area contributed by atoms with Crippen molar-refractivity contribution in [2.45, 2.75) is 6.92 Å². The molecule has 0 radical (unpaired) electrons. The molecular formula is C10H17ClN2OS. The van der Waals surface area contributed by atoms with Crippen LogP contribution in [0.3, 0.4) is 0 Å². The summed E-state index contributed by atoms with van der Waals surface area (Å²) < 4.78 is 0. The van der Waals surface area contributed by atoms with E-state index in [1.54, 1.807) is 16.2 Å². The van der Waals surface area contributed by atoms with E-state index in [9.17, 15) is 4.79 Å². The van der Waals surface area contributed by atoms with Gasteiger partial charge in [-0.1, -0.05) is 0 Å². The molecule has 0 saturated heterocycles. The third kappa shape index (κ3) is 3.81. The topological polar surface area (TPSA) is 32.3 Å². The number of carbonyl (C=O) groups is 1. The standard InChI is InChI=1S/C10H16N2OS.ClH/c1-8-6-14-7-9(8)10(13)12(3)5-4-11-2;/h6-7,11H,4-5H2,1-3H3;1H. The molecule has 0 spiro atoms. The predicted molar refractivity (Wildman–Crippen MR) is 67.2 cm³/mol. The second-order valence-electron chi connectivity index (χ2n) is 3.30. The smallest absolute Gasteiger partial charge is 0.254 e. The van der Waals surface area contributed by atoms with Gasteiger partial charge in [-0.25, -0.2) is 0 Å². The number of carbonyl (C=O) groups excluding carboxylic acids is 1. The van der Waals surface area contributed by atoms with Crippen molar-refractivity contribution in [2.24, 2.45) is 0 Å². The number of likely N-dealkylation sites (N-methyl/N-ethyl adjacent to an activating group) is 2. The molecule has 0 bridgehead atoms. The summed E-state index contributed by atoms with van der Waals surface area (Å²) in [6.07, 6.45) is 0. The molecule has 86 valence electrons. The van der Waals surface area contributed by atoms with E-state index in [-0.39, 0.29) is 18.3 Å². The fraction of sp³-hybridized carbons (Fsp3) is 0.500. The van der Waals surface area contributed by atoms with E-state index in [2.05, 4.69) is 5.32 Å². The molecule has 5 heteroatoms. The first-order valence-electron chi connectivity index (χ1n) is 4.59. The summed E-state index contributed by atoms with van der Waals surface area (Å²) in [7, 11) is 3.71. The molecule has 1 amide bonds. The lowest BCUT2D eigenvalue weighted by atomic mass is 10.2. The quantitative estimate of drug-likeness (QED) is 0.881. The average molecular weight is 249 g/mol. The summed E-state index contributed by atoms with van der Waals surface area (Å²) in [5, 5.41) is 6.93. The zero-order chi connectivity index (χ0) is 10.6. The number of hydrogen-bond donors (Lipinski definition) is 1. The summed E-state index contributed by atoms with van der Waals surface area (Å²) in [6.45, 7) is 3.53. The molecule has 0 saturated carbocycles. The Hall–Kier alpha value is -0.580. The summed E-state index contributed by atoms with van der Waals surface area (Å²) >= 11 is 1.57. The third-order valence-corrected chi connectivity index (χ3v) is 2.99. The van der Waals surface area contributed by atoms with Crippen LogP contribution in [0, 0.1) is 6.92 Å². The highest BCUT2D eigenvalue weighted by molar-refractivity contribution is 7.08. The number of hydrogen-bond acceptors (Lipinski definition) is 3. The van der Waals surface area contributed by atoms with Crippen molar-refractivity contribution in [1.29, 1.82) is 0 Å². The van der Waals surface area contributed by atoms with Gasteiger partial charge in [0.15, 0.2) is 0 Å². The lowest BCUT2D eigenvalue weighted by Gasteiger charge is -2.16. The van der Waals surface area contributed by atoms with Crippen molar-refractivity contribution in [2.75, 3.05) is 27.2 Å². The van der Waals surface area contributed by atoms with Gasteiger partial charge in [0.05, 0.1) is 5.56 Å². The Balaban J connectivity index is 0.00000196. The van der Waals surface area contributed by atoms with Gasteiger partial charge in [-0.2, -0.15) is 11.3 Å². The van der Waals surface area contributed by atoms with E-state index in [0.717, 1.165) is 24.2 Å². The zero-order valence-corrected chi connectivity index (χ0v) is 10.9. The lowest BCUT2D eigenvalue weighted by molar-refractivity contribution is 0.0796. The molecular weight excluding hydrogens is 232 g/mol. The molecule has 1 N–H and O–H groups in total. The predicted octanol–water partition coefficient (Wildman–Crippen LogP) is 1.77. The first-order valence-corrected chi connectivity index (χ1v) is 5.54. The van der Waals surface area contributed by atoms with Crippen LogP contribution in [0.2, 0.25) is 0 Å². The van der Waals surface area contributed by atoms with Gasteiger partial charge in [0, 0.05) is 25.5 Å². The molecule has 0 aliphatic carbocycles. The minimum absolute atomic E-state index is 0. The highest BCUT2D eigenvalue weighted by Gasteiger charge is 2.13. The van der Waals surface area contributed by atoms with Gasteiger partial charge < -0.3 is 10.2 Å². The Labute approximate surface area is 101 Å². The molecule has 3 nitrogen and oxygen atoms in total. The van der Waals surface area contributed by atoms with E-state index < -0.39 is 0 Å². The first-order chi connectivity index (χ1) is 6.66. The van der Waals surface area contributed by atoms with Gasteiger partial charge in [-0.3, -0.25) is 4.79 Å². The zero-order valence-electron chi connectivity index (χ0n) is 9.24. The number of halogens is 1. The fourth-order valence-electron chi connectivity index (χ4n) is 1.17. The molecule has 1 rings (SSSR count). The number of nitrogens with zero attached hydrogens (tertiary/aromatic N) is 1. The third-order valence-electron chi connectivity index (χ3n) is 2.13. The normalized spacial score (nSPS) is 9.53. The molecule has 0 atom stereocenters. The van der Waals surface area contributed by atoms with Crippen molar-refractivity contribution in [3.05, 3.63) is 21.9 Å². The minimum Gasteiger partial charge on any atom is -0.340 e. The fourth-order valence-corrected chi connectivity index (χ4v) is 1.99. The SMILES string of the molecule is CNCCN(C)C(=O)c1cscc1C.Cl. The Kier molecular flexibility index (Phi) is 6.56. The van der Waals surface area contributed by atoms with E-state index in [4.69, 9.17) is 0 Å². The second-order valence-corrected chi connectivity index (χ2v) is 4.04. The molecule has 15 heavy (non-hydrogen) atoms. The van der Waals surface area contributed by atoms with Crippen LogP contribution in [-0.2, 0) is 0 Å². The van der Waals surface area contributed by atoms with Crippen molar-refractivity contribution < 1.29 is 4.79 Å². The number of rotatable bonds is 4. The van der Waals surface area contributed by atoms with Crippen LogP contribution in [0.25, 0.3) is 0 Å². The van der Waals surface area contributed by atoms with Crippen LogP contribution in [0.1, 0.15) is 15.9 Å². The molecule has 1 heterocycles. The Morgan fingerprint density at radius 1 is 1.53 bits per heavy atom. The minimum atomic E-state index is 0. The monoisotopic (exact) mass is 248 g/mol. The second kappa shape index (κ2) is 6.82. The number of aryl methyl sites for hydroxylation is 1. The lowest BCUT2D eigenvalue weighted by Crippen LogP contribution is -2.32. The Morgan fingerprint density at radius 3 is 2.67 bits per heavy atom. The van der Waals surface area contributed by atoms with Crippen molar-refractivity contribution >= 4 is 29.7 Å². The average Bonchev–Trinajstić information content (AvgIpc) is 2.59. The van der Waals surface area contributed by atoms with Crippen LogP contribution in [0.5, 0.6) is 0 Å². The van der Waals surface area contributed by atoms with Gasteiger partial charge in [0.2, 0.25) is 0 Å². The highest BCUT2D eigenvalue weighted by Crippen LogP contribution is 2.15. The molecule has 0 aromatic carbocycles. The van der Waals surface area contributed by atoms with Crippen molar-refractivity contribution in [3.63, 3.8) is 0 Å². The van der Waals surface area contributed by atoms with Crippen molar-refractivity contribution in [3.8, 4) is 0 Å². The van der Waals surface area contributed by atoms with Crippen LogP contribution in [0.15, 0.2) is 10.8 Å². The molecule has 0 unspecified atom stereocenters. The van der Waals surface area contributed by atoms with Gasteiger partial charge in [-0.05, 0) is 24.9 Å². The number of amides is 1. The summed E-state index contributed by atoms with van der Waals surface area (Å²) in [5.41, 5.74) is 1.89. The molecule has 0 fully saturated rings. The molecule has 0 aliphatic heterocycles. The Bertz CT molecular complexity index is 314. The molecule has 0 aliphatic rings. The van der Waals surface area contributed by atoms with Gasteiger partial charge in [0.1, 0.15) is 0 Å². The van der Waals surface area contributed by atoms with Crippen LogP contribution < -0.4 is 5.32 Å². The maximum Gasteiger partial charge on any atom is 0.254 e. The maximum absolute atomic E-state index is 11.8. The Morgan fingerprint density at radius 2 is 2.20 bits per heavy atom. The van der Waals surface area contributed by atoms with Crippen molar-refractivity contribution in [1.82, 2.24) is 10.2 Å². The number of thiophene rings is 1. The van der Waals surface area contributed by atoms with Gasteiger partial charge in [-0.15, -0.1) is 12.4 Å². The van der Waals surface area contributed by atoms with Crippen LogP contribution in [0.4, 0.5) is 0 Å². The van der Waals surface area contributed by atoms with Gasteiger partial charge >= 0.3 is 0 Å². The van der Waals surface area contributed by atoms with Crippen LogP contribution >= 0.6 is 23.7 Å². The first kappa shape index (κ1) is 14.4. The van der Waals surface area contributed by atoms with Crippen LogP contribution in [-0.4, -0.2) is 38.0 Å². The summed E-state index contributed by atoms with van der Waals surface area (Å²) in [4.78, 5) is 13.6. The maximum atomic E-state index is 11.8. The molecule has 1 aromatic rings. The highest BCUT2D eigenvalue weighted by atomic mass is 35.5. The van der Waals surface area contributed by atoms with E-state index in [1.165, 1.54) is 0 Å². The van der Waals surface area contributed by atoms with E-state index in [0.29, 0.717) is 0 Å². The summed E-state index contributed by atoms with van der Waals surface area (Å²) in [6, 6.07) is 0. The summed E-state index contributed by atoms with van der Waals surface area (Å²) in [5.74, 6) is 0.110. The number of nitrogens with one attached hydrogen (secondary N) is 1. The molecule has 1 aromatic heterocycles. The van der Waals surface area contributed by atoms with E-state index >= 15 is 0 Å². The van der Waals surface area contributed by atoms with Gasteiger partial charge in [0.25, 0.3) is 5.91 Å². The van der Waals surface area contributed by atoms with E-state index in [1.807, 2.05) is 31.8 Å². The largest absolute Gasteiger partial charge is 0.340 e.